The topological polar surface area (TPSA) is 87.7 Å². The van der Waals surface area contributed by atoms with Gasteiger partial charge in [-0.05, 0) is 37.1 Å². The molecule has 0 atom stereocenters. The van der Waals surface area contributed by atoms with Crippen LogP contribution < -0.4 is 11.1 Å². The third kappa shape index (κ3) is 2.31. The summed E-state index contributed by atoms with van der Waals surface area (Å²) in [6, 6.07) is 6.84. The van der Waals surface area contributed by atoms with Crippen LogP contribution in [0, 0.1) is 5.92 Å². The number of carbonyl (C=O) groups excluding carboxylic acids is 1. The van der Waals surface area contributed by atoms with Gasteiger partial charge in [-0.3, -0.25) is 4.79 Å². The predicted molar refractivity (Wildman–Crippen MR) is 60.3 cm³/mol. The van der Waals surface area contributed by atoms with Gasteiger partial charge >= 0.3 is 0 Å². The molecular formula is C11H13N3O2. The molecule has 2 rings (SSSR count). The van der Waals surface area contributed by atoms with Gasteiger partial charge in [0.05, 0.1) is 0 Å². The van der Waals surface area contributed by atoms with Crippen molar-refractivity contribution in [2.24, 2.45) is 16.8 Å². The highest BCUT2D eigenvalue weighted by Crippen LogP contribution is 2.30. The van der Waals surface area contributed by atoms with Crippen molar-refractivity contribution in [3.8, 4) is 0 Å². The van der Waals surface area contributed by atoms with Gasteiger partial charge in [0.25, 0.3) is 0 Å². The average molecular weight is 219 g/mol. The summed E-state index contributed by atoms with van der Waals surface area (Å²) in [6.07, 6.45) is 1.96. The number of nitrogens with zero attached hydrogens (tertiary/aromatic N) is 1. The normalized spacial score (nSPS) is 15.9. The van der Waals surface area contributed by atoms with Gasteiger partial charge in [0.1, 0.15) is 0 Å². The average Bonchev–Trinajstić information content (AvgIpc) is 3.13. The Hall–Kier alpha value is -2.04. The van der Waals surface area contributed by atoms with E-state index in [-0.39, 0.29) is 17.7 Å². The van der Waals surface area contributed by atoms with Gasteiger partial charge in [0.2, 0.25) is 5.91 Å². The SMILES string of the molecule is N/C(=N/O)c1ccc(NC(=O)C2CC2)cc1. The molecule has 1 aliphatic rings. The van der Waals surface area contributed by atoms with E-state index in [2.05, 4.69) is 10.5 Å². The number of anilines is 1. The van der Waals surface area contributed by atoms with Crippen LogP contribution in [0.4, 0.5) is 5.69 Å². The fraction of sp³-hybridized carbons (Fsp3) is 0.273. The first kappa shape index (κ1) is 10.5. The Bertz CT molecular complexity index is 421. The molecule has 1 saturated carbocycles. The number of amidine groups is 1. The van der Waals surface area contributed by atoms with Gasteiger partial charge in [-0.15, -0.1) is 0 Å². The molecule has 84 valence electrons. The zero-order valence-electron chi connectivity index (χ0n) is 8.68. The van der Waals surface area contributed by atoms with E-state index in [9.17, 15) is 4.79 Å². The van der Waals surface area contributed by atoms with Gasteiger partial charge < -0.3 is 16.3 Å². The number of hydrogen-bond donors (Lipinski definition) is 3. The number of hydrogen-bond acceptors (Lipinski definition) is 3. The van der Waals surface area contributed by atoms with E-state index in [1.54, 1.807) is 24.3 Å². The van der Waals surface area contributed by atoms with E-state index in [1.165, 1.54) is 0 Å². The molecule has 5 nitrogen and oxygen atoms in total. The summed E-state index contributed by atoms with van der Waals surface area (Å²) < 4.78 is 0. The molecule has 1 aliphatic carbocycles. The zero-order valence-corrected chi connectivity index (χ0v) is 8.68. The lowest BCUT2D eigenvalue weighted by molar-refractivity contribution is -0.117. The summed E-state index contributed by atoms with van der Waals surface area (Å²) in [7, 11) is 0. The van der Waals surface area contributed by atoms with Crippen LogP contribution in [-0.4, -0.2) is 17.0 Å². The van der Waals surface area contributed by atoms with Gasteiger partial charge in [0, 0.05) is 17.2 Å². The number of nitrogens with two attached hydrogens (primary N) is 1. The van der Waals surface area contributed by atoms with E-state index in [0.29, 0.717) is 5.56 Å². The van der Waals surface area contributed by atoms with Crippen molar-refractivity contribution in [1.29, 1.82) is 0 Å². The Morgan fingerprint density at radius 1 is 1.38 bits per heavy atom. The number of nitrogens with one attached hydrogen (secondary N) is 1. The molecule has 0 aromatic heterocycles. The van der Waals surface area contributed by atoms with Gasteiger partial charge in [0.15, 0.2) is 5.84 Å². The largest absolute Gasteiger partial charge is 0.409 e. The maximum Gasteiger partial charge on any atom is 0.227 e. The molecule has 1 fully saturated rings. The number of benzene rings is 1. The molecule has 4 N–H and O–H groups in total. The fourth-order valence-electron chi connectivity index (χ4n) is 1.37. The molecule has 16 heavy (non-hydrogen) atoms. The molecule has 0 aliphatic heterocycles. The second-order valence-electron chi connectivity index (χ2n) is 3.83. The highest BCUT2D eigenvalue weighted by atomic mass is 16.4. The molecule has 5 heteroatoms. The number of amides is 1. The minimum atomic E-state index is 0.0556. The molecule has 0 unspecified atom stereocenters. The van der Waals surface area contributed by atoms with Crippen LogP contribution in [0.5, 0.6) is 0 Å². The lowest BCUT2D eigenvalue weighted by Gasteiger charge is -2.04. The smallest absolute Gasteiger partial charge is 0.227 e. The fourth-order valence-corrected chi connectivity index (χ4v) is 1.37. The van der Waals surface area contributed by atoms with Crippen LogP contribution in [0.1, 0.15) is 18.4 Å². The second-order valence-corrected chi connectivity index (χ2v) is 3.83. The summed E-state index contributed by atoms with van der Waals surface area (Å²) in [5.74, 6) is 0.306. The van der Waals surface area contributed by atoms with Crippen molar-refractivity contribution >= 4 is 17.4 Å². The van der Waals surface area contributed by atoms with Gasteiger partial charge in [-0.1, -0.05) is 5.16 Å². The van der Waals surface area contributed by atoms with Crippen molar-refractivity contribution < 1.29 is 10.0 Å². The molecule has 0 radical (unpaired) electrons. The summed E-state index contributed by atoms with van der Waals surface area (Å²) in [6.45, 7) is 0. The van der Waals surface area contributed by atoms with E-state index in [4.69, 9.17) is 10.9 Å². The first-order valence-corrected chi connectivity index (χ1v) is 5.09. The van der Waals surface area contributed by atoms with Crippen LogP contribution in [0.15, 0.2) is 29.4 Å². The molecular weight excluding hydrogens is 206 g/mol. The molecule has 1 aromatic rings. The predicted octanol–water partition coefficient (Wildman–Crippen LogP) is 1.13. The van der Waals surface area contributed by atoms with E-state index >= 15 is 0 Å². The van der Waals surface area contributed by atoms with E-state index < -0.39 is 0 Å². The quantitative estimate of drug-likeness (QED) is 0.308. The third-order valence-corrected chi connectivity index (χ3v) is 2.50. The zero-order chi connectivity index (χ0) is 11.5. The van der Waals surface area contributed by atoms with Crippen molar-refractivity contribution in [3.63, 3.8) is 0 Å². The minimum Gasteiger partial charge on any atom is -0.409 e. The standard InChI is InChI=1S/C11H13N3O2/c12-10(14-16)7-3-5-9(6-4-7)13-11(15)8-1-2-8/h3-6,8,16H,1-2H2,(H2,12,14)(H,13,15). The van der Waals surface area contributed by atoms with Crippen molar-refractivity contribution in [1.82, 2.24) is 0 Å². The maximum absolute atomic E-state index is 11.5. The van der Waals surface area contributed by atoms with E-state index in [1.807, 2.05) is 0 Å². The van der Waals surface area contributed by atoms with Crippen LogP contribution in [0.25, 0.3) is 0 Å². The van der Waals surface area contributed by atoms with Crippen LogP contribution in [-0.2, 0) is 4.79 Å². The van der Waals surface area contributed by atoms with Crippen LogP contribution >= 0.6 is 0 Å². The number of carbonyl (C=O) groups is 1. The maximum atomic E-state index is 11.5. The highest BCUT2D eigenvalue weighted by molar-refractivity contribution is 5.98. The lowest BCUT2D eigenvalue weighted by atomic mass is 10.2. The van der Waals surface area contributed by atoms with Gasteiger partial charge in [-0.2, -0.15) is 0 Å². The second kappa shape index (κ2) is 4.22. The third-order valence-electron chi connectivity index (χ3n) is 2.50. The van der Waals surface area contributed by atoms with Crippen molar-refractivity contribution in [3.05, 3.63) is 29.8 Å². The molecule has 0 spiro atoms. The first-order chi connectivity index (χ1) is 7.70. The molecule has 0 heterocycles. The molecule has 0 bridgehead atoms. The lowest BCUT2D eigenvalue weighted by Crippen LogP contribution is -2.15. The Morgan fingerprint density at radius 3 is 2.50 bits per heavy atom. The summed E-state index contributed by atoms with van der Waals surface area (Å²) in [5.41, 5.74) is 6.76. The number of rotatable bonds is 3. The van der Waals surface area contributed by atoms with Crippen LogP contribution in [0.3, 0.4) is 0 Å². The van der Waals surface area contributed by atoms with E-state index in [0.717, 1.165) is 18.5 Å². The number of oxime groups is 1. The van der Waals surface area contributed by atoms with Gasteiger partial charge in [-0.25, -0.2) is 0 Å². The molecule has 1 amide bonds. The Labute approximate surface area is 92.9 Å². The molecule has 0 saturated heterocycles. The summed E-state index contributed by atoms with van der Waals surface area (Å²) >= 11 is 0. The summed E-state index contributed by atoms with van der Waals surface area (Å²) in [4.78, 5) is 11.5. The Kier molecular flexibility index (Phi) is 2.76. The Morgan fingerprint density at radius 2 is 2.00 bits per heavy atom. The first-order valence-electron chi connectivity index (χ1n) is 5.09. The van der Waals surface area contributed by atoms with Crippen molar-refractivity contribution in [2.45, 2.75) is 12.8 Å². The monoisotopic (exact) mass is 219 g/mol. The molecule has 1 aromatic carbocycles. The van der Waals surface area contributed by atoms with Crippen molar-refractivity contribution in [2.75, 3.05) is 5.32 Å². The highest BCUT2D eigenvalue weighted by Gasteiger charge is 2.29. The van der Waals surface area contributed by atoms with Crippen LogP contribution in [0.2, 0.25) is 0 Å². The summed E-state index contributed by atoms with van der Waals surface area (Å²) in [5, 5.41) is 14.2. The minimum absolute atomic E-state index is 0.0556. The Balaban J connectivity index is 2.04.